The van der Waals surface area contributed by atoms with E-state index in [0.717, 1.165) is 16.8 Å². The van der Waals surface area contributed by atoms with Crippen LogP contribution in [0.1, 0.15) is 0 Å². The van der Waals surface area contributed by atoms with E-state index in [1.165, 1.54) is 81.5 Å². The lowest BCUT2D eigenvalue weighted by atomic mass is 9.85. The Morgan fingerprint density at radius 3 is 1.52 bits per heavy atom. The Bertz CT molecular complexity index is 2820. The largest absolute Gasteiger partial charge is 0.247 e. The van der Waals surface area contributed by atoms with Gasteiger partial charge in [-0.25, -0.2) is 4.98 Å². The summed E-state index contributed by atoms with van der Waals surface area (Å²) in [6.07, 6.45) is 0. The fourth-order valence-corrected chi connectivity index (χ4v) is 7.86. The molecule has 10 aromatic rings. The summed E-state index contributed by atoms with van der Waals surface area (Å²) in [5.74, 6) is 0. The van der Waals surface area contributed by atoms with Gasteiger partial charge in [-0.15, -0.1) is 0 Å². The summed E-state index contributed by atoms with van der Waals surface area (Å²) in [4.78, 5) is 5.32. The summed E-state index contributed by atoms with van der Waals surface area (Å²) < 4.78 is 0. The van der Waals surface area contributed by atoms with Gasteiger partial charge in [0.2, 0.25) is 0 Å². The molecule has 0 saturated carbocycles. The predicted octanol–water partition coefficient (Wildman–Crippen LogP) is 13.0. The van der Waals surface area contributed by atoms with Crippen LogP contribution in [0.3, 0.4) is 0 Å². The zero-order valence-electron chi connectivity index (χ0n) is 26.2. The maximum atomic E-state index is 5.32. The van der Waals surface area contributed by atoms with E-state index in [-0.39, 0.29) is 0 Å². The second kappa shape index (κ2) is 10.6. The van der Waals surface area contributed by atoms with Crippen molar-refractivity contribution in [1.82, 2.24) is 4.98 Å². The van der Waals surface area contributed by atoms with Gasteiger partial charge >= 0.3 is 0 Å². The molecule has 1 aromatic heterocycles. The molecule has 0 unspecified atom stereocenters. The van der Waals surface area contributed by atoms with Gasteiger partial charge in [0.15, 0.2) is 0 Å². The van der Waals surface area contributed by atoms with Crippen LogP contribution in [0.15, 0.2) is 176 Å². The fraction of sp³-hybridized carbons (Fsp3) is 0. The highest BCUT2D eigenvalue weighted by atomic mass is 14.7. The average molecular weight is 608 g/mol. The molecule has 1 heteroatoms. The first-order valence-corrected chi connectivity index (χ1v) is 16.6. The highest BCUT2D eigenvalue weighted by Gasteiger charge is 2.18. The van der Waals surface area contributed by atoms with Crippen LogP contribution in [0.25, 0.3) is 98.3 Å². The minimum absolute atomic E-state index is 1.01. The molecule has 0 saturated heterocycles. The van der Waals surface area contributed by atoms with E-state index in [1.807, 2.05) is 0 Å². The molecule has 9 aromatic carbocycles. The SMILES string of the molecule is c1cc(-c2c3ccccc3c(-c3ccc4ccccc4c3)c3ccccc23)cc(-c2nc3ccccc3c3c2ccc2ccccc23)c1. The summed E-state index contributed by atoms with van der Waals surface area (Å²) in [7, 11) is 0. The van der Waals surface area contributed by atoms with Gasteiger partial charge in [-0.1, -0.05) is 158 Å². The molecule has 48 heavy (non-hydrogen) atoms. The molecule has 0 bridgehead atoms. The second-order valence-corrected chi connectivity index (χ2v) is 12.7. The molecule has 10 rings (SSSR count). The van der Waals surface area contributed by atoms with Gasteiger partial charge < -0.3 is 0 Å². The number of aromatic nitrogens is 1. The second-order valence-electron chi connectivity index (χ2n) is 12.7. The van der Waals surface area contributed by atoms with E-state index in [1.54, 1.807) is 0 Å². The summed E-state index contributed by atoms with van der Waals surface area (Å²) in [5.41, 5.74) is 8.10. The third-order valence-corrected chi connectivity index (χ3v) is 9.98. The van der Waals surface area contributed by atoms with Gasteiger partial charge in [0, 0.05) is 21.7 Å². The van der Waals surface area contributed by atoms with Gasteiger partial charge in [-0.3, -0.25) is 0 Å². The van der Waals surface area contributed by atoms with Crippen molar-refractivity contribution in [2.45, 2.75) is 0 Å². The lowest BCUT2D eigenvalue weighted by Crippen LogP contribution is -1.93. The molecule has 222 valence electrons. The van der Waals surface area contributed by atoms with Crippen molar-refractivity contribution < 1.29 is 0 Å². The highest BCUT2D eigenvalue weighted by molar-refractivity contribution is 6.24. The summed E-state index contributed by atoms with van der Waals surface area (Å²) >= 11 is 0. The van der Waals surface area contributed by atoms with Crippen LogP contribution in [-0.2, 0) is 0 Å². The number of pyridine rings is 1. The quantitative estimate of drug-likeness (QED) is 0.144. The molecular weight excluding hydrogens is 579 g/mol. The van der Waals surface area contributed by atoms with E-state index in [2.05, 4.69) is 176 Å². The van der Waals surface area contributed by atoms with Crippen LogP contribution >= 0.6 is 0 Å². The molecule has 0 N–H and O–H groups in total. The van der Waals surface area contributed by atoms with Crippen molar-refractivity contribution in [3.8, 4) is 33.5 Å². The highest BCUT2D eigenvalue weighted by Crippen LogP contribution is 2.45. The van der Waals surface area contributed by atoms with Crippen molar-refractivity contribution in [2.75, 3.05) is 0 Å². The normalized spacial score (nSPS) is 11.8. The molecule has 0 amide bonds. The smallest absolute Gasteiger partial charge is 0.0788 e. The van der Waals surface area contributed by atoms with E-state index >= 15 is 0 Å². The topological polar surface area (TPSA) is 12.9 Å². The van der Waals surface area contributed by atoms with Crippen LogP contribution in [0.5, 0.6) is 0 Å². The fourth-order valence-electron chi connectivity index (χ4n) is 7.86. The number of benzene rings is 9. The number of fused-ring (bicyclic) bond motifs is 8. The van der Waals surface area contributed by atoms with Crippen molar-refractivity contribution in [2.24, 2.45) is 0 Å². The lowest BCUT2D eigenvalue weighted by Gasteiger charge is -2.19. The van der Waals surface area contributed by atoms with Crippen molar-refractivity contribution in [1.29, 1.82) is 0 Å². The number of nitrogens with zero attached hydrogens (tertiary/aromatic N) is 1. The third kappa shape index (κ3) is 4.08. The van der Waals surface area contributed by atoms with Crippen molar-refractivity contribution in [3.05, 3.63) is 176 Å². The number of rotatable bonds is 3. The predicted molar refractivity (Wildman–Crippen MR) is 206 cm³/mol. The van der Waals surface area contributed by atoms with Crippen LogP contribution in [0.4, 0.5) is 0 Å². The number of hydrogen-bond acceptors (Lipinski definition) is 1. The Kier molecular flexibility index (Phi) is 5.94. The van der Waals surface area contributed by atoms with Gasteiger partial charge in [0.05, 0.1) is 11.2 Å². The van der Waals surface area contributed by atoms with Crippen molar-refractivity contribution in [3.63, 3.8) is 0 Å². The van der Waals surface area contributed by atoms with E-state index in [0.29, 0.717) is 0 Å². The molecule has 0 fully saturated rings. The van der Waals surface area contributed by atoms with Crippen LogP contribution in [-0.4, -0.2) is 4.98 Å². The molecule has 0 aliphatic rings. The van der Waals surface area contributed by atoms with Gasteiger partial charge in [-0.2, -0.15) is 0 Å². The third-order valence-electron chi connectivity index (χ3n) is 9.98. The summed E-state index contributed by atoms with van der Waals surface area (Å²) in [6, 6.07) is 64.0. The van der Waals surface area contributed by atoms with Gasteiger partial charge in [0.1, 0.15) is 0 Å². The molecule has 1 heterocycles. The maximum Gasteiger partial charge on any atom is 0.0788 e. The standard InChI is InChI=1S/C47H29N/c1-2-14-32-28-34(25-24-30(32)12-1)45-39-20-7-5-18-37(39)44(38-19-6-8-21-40(38)45)33-15-11-16-35(29-33)47-42-27-26-31-13-3-4-17-36(31)46(42)41-22-9-10-23-43(41)48-47/h1-29H. The first kappa shape index (κ1) is 26.9. The first-order valence-electron chi connectivity index (χ1n) is 16.6. The first-order chi connectivity index (χ1) is 23.8. The van der Waals surface area contributed by atoms with Gasteiger partial charge in [-0.05, 0) is 83.5 Å². The lowest BCUT2D eigenvalue weighted by molar-refractivity contribution is 1.43. The zero-order valence-corrected chi connectivity index (χ0v) is 26.2. The Morgan fingerprint density at radius 2 is 0.812 bits per heavy atom. The van der Waals surface area contributed by atoms with Gasteiger partial charge in [0.25, 0.3) is 0 Å². The molecular formula is C47H29N. The van der Waals surface area contributed by atoms with E-state index in [9.17, 15) is 0 Å². The van der Waals surface area contributed by atoms with Crippen molar-refractivity contribution >= 4 is 64.8 Å². The Morgan fingerprint density at radius 1 is 0.292 bits per heavy atom. The van der Waals surface area contributed by atoms with E-state index < -0.39 is 0 Å². The van der Waals surface area contributed by atoms with Crippen LogP contribution < -0.4 is 0 Å². The number of para-hydroxylation sites is 1. The number of hydrogen-bond donors (Lipinski definition) is 0. The average Bonchev–Trinajstić information content (AvgIpc) is 3.16. The summed E-state index contributed by atoms with van der Waals surface area (Å²) in [5, 5.41) is 13.6. The molecule has 0 atom stereocenters. The molecule has 0 radical (unpaired) electrons. The monoisotopic (exact) mass is 607 g/mol. The molecule has 1 nitrogen and oxygen atoms in total. The van der Waals surface area contributed by atoms with E-state index in [4.69, 9.17) is 4.98 Å². The Hall–Kier alpha value is -6.31. The zero-order chi connectivity index (χ0) is 31.6. The minimum Gasteiger partial charge on any atom is -0.247 e. The Balaban J connectivity index is 1.25. The molecule has 0 aliphatic carbocycles. The minimum atomic E-state index is 1.01. The maximum absolute atomic E-state index is 5.32. The summed E-state index contributed by atoms with van der Waals surface area (Å²) in [6.45, 7) is 0. The Labute approximate surface area is 278 Å². The van der Waals surface area contributed by atoms with Crippen LogP contribution in [0.2, 0.25) is 0 Å². The molecule has 0 spiro atoms. The molecule has 0 aliphatic heterocycles. The van der Waals surface area contributed by atoms with Crippen LogP contribution in [0, 0.1) is 0 Å².